The van der Waals surface area contributed by atoms with Crippen molar-refractivity contribution in [1.29, 1.82) is 0 Å². The molecule has 0 saturated heterocycles. The van der Waals surface area contributed by atoms with Crippen molar-refractivity contribution >= 4 is 16.1 Å². The Balaban J connectivity index is 0.00000203. The van der Waals surface area contributed by atoms with Crippen LogP contribution in [0.4, 0.5) is 5.69 Å². The van der Waals surface area contributed by atoms with Crippen LogP contribution >= 0.6 is 0 Å². The van der Waals surface area contributed by atoms with Crippen molar-refractivity contribution in [1.82, 2.24) is 0 Å². The van der Waals surface area contributed by atoms with Crippen LogP contribution in [0.15, 0.2) is 48.8 Å². The van der Waals surface area contributed by atoms with E-state index in [0.29, 0.717) is 0 Å². The van der Waals surface area contributed by atoms with E-state index in [1.165, 1.54) is 205 Å². The van der Waals surface area contributed by atoms with E-state index in [1.807, 2.05) is 0 Å². The molecule has 7 heteroatoms. The first-order valence-electron chi connectivity index (χ1n) is 23.3. The third kappa shape index (κ3) is 31.7. The number of aryl methyl sites for hydroxylation is 1. The highest BCUT2D eigenvalue weighted by Gasteiger charge is 2.07. The molecule has 0 saturated carbocycles. The van der Waals surface area contributed by atoms with Gasteiger partial charge >= 0.3 is 0 Å². The van der Waals surface area contributed by atoms with Gasteiger partial charge in [0, 0.05) is 42.0 Å². The molecule has 2 rings (SSSR count). The molecule has 320 valence electrons. The smallest absolute Gasteiger partial charge is 0.217 e. The Morgan fingerprint density at radius 3 is 1.11 bits per heavy atom. The fraction of sp³-hybridized carbons (Fsp3) is 0.735. The minimum atomic E-state index is -4.42. The monoisotopic (exact) mass is 797 g/mol. The number of anilines is 1. The second-order valence-electron chi connectivity index (χ2n) is 15.7. The second kappa shape index (κ2) is 36.9. The van der Waals surface area contributed by atoms with Gasteiger partial charge in [-0.25, -0.2) is 13.0 Å². The van der Waals surface area contributed by atoms with Crippen LogP contribution in [0.25, 0.3) is 0 Å². The van der Waals surface area contributed by atoms with Gasteiger partial charge in [-0.05, 0) is 51.0 Å². The average Bonchev–Trinajstić information content (AvgIpc) is 3.19. The Morgan fingerprint density at radius 2 is 0.821 bits per heavy atom. The average molecular weight is 797 g/mol. The lowest BCUT2D eigenvalue weighted by Gasteiger charge is -2.25. The number of nitrogens with zero attached hydrogens (tertiary/aromatic N) is 2. The van der Waals surface area contributed by atoms with Crippen LogP contribution in [0, 0.1) is 11.8 Å². The molecule has 0 N–H and O–H groups in total. The third-order valence-electron chi connectivity index (χ3n) is 10.7. The van der Waals surface area contributed by atoms with Crippen molar-refractivity contribution in [2.75, 3.05) is 24.6 Å². The molecule has 0 fully saturated rings. The molecule has 0 bridgehead atoms. The zero-order chi connectivity index (χ0) is 40.8. The maximum atomic E-state index is 9.45. The molecule has 0 unspecified atom stereocenters. The molecule has 56 heavy (non-hydrogen) atoms. The Bertz CT molecular complexity index is 1290. The van der Waals surface area contributed by atoms with Crippen LogP contribution < -0.4 is 9.47 Å². The lowest BCUT2D eigenvalue weighted by atomic mass is 10.0. The molecule has 1 aromatic carbocycles. The second-order valence-corrected chi connectivity index (χ2v) is 16.8. The predicted octanol–water partition coefficient (Wildman–Crippen LogP) is 13.6. The molecule has 0 aliphatic heterocycles. The van der Waals surface area contributed by atoms with Crippen molar-refractivity contribution in [3.8, 4) is 11.8 Å². The number of pyridine rings is 1. The molecule has 1 heterocycles. The van der Waals surface area contributed by atoms with Crippen molar-refractivity contribution in [3.63, 3.8) is 0 Å². The van der Waals surface area contributed by atoms with E-state index < -0.39 is 10.4 Å². The minimum absolute atomic E-state index is 0.0914. The van der Waals surface area contributed by atoms with Gasteiger partial charge in [0.05, 0.1) is 6.61 Å². The standard InChI is InChI=1S/C47H79N2.C2H6O4S/c1-4-7-9-11-13-15-17-19-21-23-25-27-29-31-41-49(42-32-30-28-26-24-22-20-18-16-14-12-10-8-5-2)47-37-35-45(36-38-47)33-34-46-39-43-48(6-3)44-40-46;1-2-6-7(3,4)5/h35-40,43-44H,4-32,41-42H2,1-3H3;2H2,1H3,(H,3,4,5)/q+1;/p-1. The maximum absolute atomic E-state index is 9.45. The molecule has 0 spiro atoms. The Morgan fingerprint density at radius 1 is 0.500 bits per heavy atom. The van der Waals surface area contributed by atoms with E-state index >= 15 is 0 Å². The summed E-state index contributed by atoms with van der Waals surface area (Å²) in [6, 6.07) is 13.3. The summed E-state index contributed by atoms with van der Waals surface area (Å²) in [5.74, 6) is 6.73. The van der Waals surface area contributed by atoms with Crippen LogP contribution in [0.5, 0.6) is 0 Å². The van der Waals surface area contributed by atoms with E-state index in [0.717, 1.165) is 17.7 Å². The molecule has 6 nitrogen and oxygen atoms in total. The highest BCUT2D eigenvalue weighted by molar-refractivity contribution is 7.80. The van der Waals surface area contributed by atoms with Gasteiger partial charge in [0.2, 0.25) is 10.4 Å². The summed E-state index contributed by atoms with van der Waals surface area (Å²) in [5, 5.41) is 0. The molecular formula is C49H84N2O4S. The summed E-state index contributed by atoms with van der Waals surface area (Å²) in [6.07, 6.45) is 44.0. The van der Waals surface area contributed by atoms with Crippen LogP contribution in [-0.4, -0.2) is 32.7 Å². The van der Waals surface area contributed by atoms with Crippen molar-refractivity contribution in [2.24, 2.45) is 0 Å². The first-order valence-corrected chi connectivity index (χ1v) is 24.6. The molecular weight excluding hydrogens is 713 g/mol. The lowest BCUT2D eigenvalue weighted by molar-refractivity contribution is -0.693. The summed E-state index contributed by atoms with van der Waals surface area (Å²) in [7, 11) is -4.42. The number of hydrogen-bond donors (Lipinski definition) is 0. The summed E-state index contributed by atoms with van der Waals surface area (Å²) in [5.41, 5.74) is 3.55. The first-order chi connectivity index (χ1) is 27.3. The number of benzene rings is 1. The molecule has 1 aromatic heterocycles. The van der Waals surface area contributed by atoms with Crippen molar-refractivity contribution in [3.05, 3.63) is 59.9 Å². The van der Waals surface area contributed by atoms with E-state index in [9.17, 15) is 13.0 Å². The number of aromatic nitrogens is 1. The molecule has 2 aromatic rings. The molecule has 0 aliphatic rings. The Kier molecular flexibility index (Phi) is 34.0. The van der Waals surface area contributed by atoms with Crippen LogP contribution in [-0.2, 0) is 21.1 Å². The van der Waals surface area contributed by atoms with Crippen molar-refractivity contribution < 1.29 is 21.7 Å². The zero-order valence-electron chi connectivity index (χ0n) is 36.7. The van der Waals surface area contributed by atoms with Crippen LogP contribution in [0.2, 0.25) is 0 Å². The number of unbranched alkanes of at least 4 members (excludes halogenated alkanes) is 26. The van der Waals surface area contributed by atoms with Gasteiger partial charge in [-0.3, -0.25) is 4.18 Å². The zero-order valence-corrected chi connectivity index (χ0v) is 37.5. The summed E-state index contributed by atoms with van der Waals surface area (Å²) in [6.45, 7) is 11.5. The molecule has 0 atom stereocenters. The van der Waals surface area contributed by atoms with Gasteiger partial charge in [-0.2, -0.15) is 0 Å². The summed E-state index contributed by atoms with van der Waals surface area (Å²) in [4.78, 5) is 2.67. The van der Waals surface area contributed by atoms with Gasteiger partial charge in [0.15, 0.2) is 12.4 Å². The summed E-state index contributed by atoms with van der Waals surface area (Å²) < 4.78 is 34.2. The van der Waals surface area contributed by atoms with Gasteiger partial charge in [-0.15, -0.1) is 0 Å². The first kappa shape index (κ1) is 51.6. The third-order valence-corrected chi connectivity index (χ3v) is 11.2. The van der Waals surface area contributed by atoms with Crippen LogP contribution in [0.1, 0.15) is 219 Å². The van der Waals surface area contributed by atoms with Crippen LogP contribution in [0.3, 0.4) is 0 Å². The van der Waals surface area contributed by atoms with Gasteiger partial charge in [0.1, 0.15) is 6.54 Å². The molecule has 0 amide bonds. The fourth-order valence-corrected chi connectivity index (χ4v) is 7.45. The van der Waals surface area contributed by atoms with E-state index in [1.54, 1.807) is 0 Å². The minimum Gasteiger partial charge on any atom is -0.726 e. The topological polar surface area (TPSA) is 73.5 Å². The highest BCUT2D eigenvalue weighted by atomic mass is 32.3. The molecule has 0 aliphatic carbocycles. The highest BCUT2D eigenvalue weighted by Crippen LogP contribution is 2.20. The van der Waals surface area contributed by atoms with Crippen molar-refractivity contribution in [2.45, 2.75) is 214 Å². The Hall–Kier alpha value is -2.40. The van der Waals surface area contributed by atoms with Gasteiger partial charge < -0.3 is 9.45 Å². The Labute approximate surface area is 347 Å². The largest absolute Gasteiger partial charge is 0.726 e. The number of hydrogen-bond acceptors (Lipinski definition) is 5. The SMILES string of the molecule is CCCCCCCCCCCCCCCCN(CCCCCCCCCCCCCCCC)c1ccc(C#Cc2cc[n+](CC)cc2)cc1.CCOS(=O)(=O)[O-]. The fourth-order valence-electron chi connectivity index (χ4n) is 7.16. The maximum Gasteiger partial charge on any atom is 0.217 e. The van der Waals surface area contributed by atoms with E-state index in [4.69, 9.17) is 0 Å². The normalized spacial score (nSPS) is 11.2. The summed E-state index contributed by atoms with van der Waals surface area (Å²) >= 11 is 0. The molecule has 0 radical (unpaired) electrons. The van der Waals surface area contributed by atoms with E-state index in [2.05, 4.69) is 95.1 Å². The lowest BCUT2D eigenvalue weighted by Crippen LogP contribution is -2.30. The van der Waals surface area contributed by atoms with Gasteiger partial charge in [-0.1, -0.05) is 193 Å². The van der Waals surface area contributed by atoms with E-state index in [-0.39, 0.29) is 6.61 Å². The van der Waals surface area contributed by atoms with Gasteiger partial charge in [0.25, 0.3) is 0 Å². The number of rotatable bonds is 34. The quantitative estimate of drug-likeness (QED) is 0.0232. The predicted molar refractivity (Wildman–Crippen MR) is 239 cm³/mol.